The first-order valence-electron chi connectivity index (χ1n) is 4.25. The summed E-state index contributed by atoms with van der Waals surface area (Å²) in [6, 6.07) is 4.68. The quantitative estimate of drug-likeness (QED) is 0.584. The van der Waals surface area contributed by atoms with Crippen molar-refractivity contribution < 1.29 is 9.13 Å². The number of benzene rings is 1. The van der Waals surface area contributed by atoms with E-state index in [0.29, 0.717) is 23.2 Å². The Morgan fingerprint density at radius 2 is 2.29 bits per heavy atom. The first-order valence-corrected chi connectivity index (χ1v) is 5.37. The van der Waals surface area contributed by atoms with Crippen LogP contribution in [-0.2, 0) is 0 Å². The van der Waals surface area contributed by atoms with E-state index in [1.165, 1.54) is 6.07 Å². The number of halogens is 2. The highest BCUT2D eigenvalue weighted by atomic mass is 79.9. The van der Waals surface area contributed by atoms with E-state index in [4.69, 9.17) is 4.74 Å². The molecule has 1 rings (SSSR count). The van der Waals surface area contributed by atoms with Crippen molar-refractivity contribution in [2.75, 3.05) is 11.9 Å². The number of hydrogen-bond donors (Lipinski definition) is 0. The van der Waals surface area contributed by atoms with Crippen LogP contribution in [0.25, 0.3) is 0 Å². The molecule has 0 spiro atoms. The van der Waals surface area contributed by atoms with E-state index in [9.17, 15) is 4.39 Å². The van der Waals surface area contributed by atoms with Gasteiger partial charge in [-0.15, -0.1) is 0 Å². The Morgan fingerprint density at radius 3 is 2.86 bits per heavy atom. The summed E-state index contributed by atoms with van der Waals surface area (Å²) in [4.78, 5) is 0. The zero-order valence-corrected chi connectivity index (χ0v) is 9.40. The molecule has 0 aliphatic carbocycles. The van der Waals surface area contributed by atoms with Crippen LogP contribution >= 0.6 is 15.9 Å². The normalized spacial score (nSPS) is 9.07. The Kier molecular flexibility index (Phi) is 4.48. The van der Waals surface area contributed by atoms with E-state index in [2.05, 4.69) is 27.8 Å². The Bertz CT molecular complexity index is 365. The molecule has 0 heterocycles. The van der Waals surface area contributed by atoms with Gasteiger partial charge in [0.05, 0.1) is 17.5 Å². The summed E-state index contributed by atoms with van der Waals surface area (Å²) < 4.78 is 18.4. The van der Waals surface area contributed by atoms with Crippen molar-refractivity contribution in [1.82, 2.24) is 0 Å². The molecule has 0 saturated heterocycles. The molecule has 0 aliphatic heterocycles. The van der Waals surface area contributed by atoms with E-state index < -0.39 is 0 Å². The average molecular weight is 257 g/mol. The summed E-state index contributed by atoms with van der Waals surface area (Å²) in [5.74, 6) is 5.64. The average Bonchev–Trinajstić information content (AvgIpc) is 2.17. The molecule has 0 aromatic heterocycles. The van der Waals surface area contributed by atoms with Crippen molar-refractivity contribution in [1.29, 1.82) is 0 Å². The topological polar surface area (TPSA) is 9.23 Å². The van der Waals surface area contributed by atoms with Gasteiger partial charge in [0, 0.05) is 6.07 Å². The van der Waals surface area contributed by atoms with Gasteiger partial charge in [0.15, 0.2) is 0 Å². The van der Waals surface area contributed by atoms with E-state index in [0.717, 1.165) is 0 Å². The molecule has 14 heavy (non-hydrogen) atoms. The van der Waals surface area contributed by atoms with Gasteiger partial charge < -0.3 is 4.74 Å². The van der Waals surface area contributed by atoms with Gasteiger partial charge in [0.1, 0.15) is 11.6 Å². The summed E-state index contributed by atoms with van der Waals surface area (Å²) in [5.41, 5.74) is 0.396. The van der Waals surface area contributed by atoms with Gasteiger partial charge >= 0.3 is 0 Å². The lowest BCUT2D eigenvalue weighted by Crippen LogP contribution is -1.93. The second kappa shape index (κ2) is 5.66. The third kappa shape index (κ3) is 3.04. The molecule has 0 radical (unpaired) electrons. The largest absolute Gasteiger partial charge is 0.494 e. The molecule has 74 valence electrons. The minimum Gasteiger partial charge on any atom is -0.494 e. The van der Waals surface area contributed by atoms with E-state index in [1.807, 2.05) is 6.92 Å². The minimum atomic E-state index is -0.343. The molecule has 0 aliphatic rings. The summed E-state index contributed by atoms with van der Waals surface area (Å²) >= 11 is 3.15. The highest BCUT2D eigenvalue weighted by molar-refractivity contribution is 9.09. The molecular weight excluding hydrogens is 247 g/mol. The van der Waals surface area contributed by atoms with Gasteiger partial charge in [-0.25, -0.2) is 4.39 Å². The van der Waals surface area contributed by atoms with Crippen LogP contribution in [0.3, 0.4) is 0 Å². The smallest absolute Gasteiger partial charge is 0.142 e. The van der Waals surface area contributed by atoms with E-state index >= 15 is 0 Å². The van der Waals surface area contributed by atoms with Crippen molar-refractivity contribution in [3.63, 3.8) is 0 Å². The van der Waals surface area contributed by atoms with Gasteiger partial charge in [0.25, 0.3) is 0 Å². The molecule has 0 bridgehead atoms. The highest BCUT2D eigenvalue weighted by Gasteiger charge is 2.00. The fourth-order valence-corrected chi connectivity index (χ4v) is 1.12. The van der Waals surface area contributed by atoms with Gasteiger partial charge in [-0.05, 0) is 19.1 Å². The molecule has 3 heteroatoms. The number of ether oxygens (including phenoxy) is 1. The summed E-state index contributed by atoms with van der Waals surface area (Å²) in [7, 11) is 0. The number of hydrogen-bond acceptors (Lipinski definition) is 1. The Hall–Kier alpha value is -1.01. The summed E-state index contributed by atoms with van der Waals surface area (Å²) in [6.45, 7) is 2.39. The zero-order chi connectivity index (χ0) is 10.4. The number of alkyl halides is 1. The van der Waals surface area contributed by atoms with Crippen molar-refractivity contribution in [3.05, 3.63) is 29.6 Å². The maximum Gasteiger partial charge on any atom is 0.142 e. The van der Waals surface area contributed by atoms with Crippen LogP contribution in [0.4, 0.5) is 4.39 Å². The summed E-state index contributed by atoms with van der Waals surface area (Å²) in [6.07, 6.45) is 0. The van der Waals surface area contributed by atoms with Crippen molar-refractivity contribution in [2.45, 2.75) is 6.92 Å². The van der Waals surface area contributed by atoms with Crippen molar-refractivity contribution in [3.8, 4) is 17.6 Å². The predicted molar refractivity (Wildman–Crippen MR) is 58.2 cm³/mol. The SMILES string of the molecule is CCOc1ccc(C#CCBr)c(F)c1. The second-order valence-electron chi connectivity index (χ2n) is 2.51. The molecule has 1 aromatic rings. The highest BCUT2D eigenvalue weighted by Crippen LogP contribution is 2.15. The first-order chi connectivity index (χ1) is 6.77. The second-order valence-corrected chi connectivity index (χ2v) is 3.07. The Morgan fingerprint density at radius 1 is 1.50 bits per heavy atom. The van der Waals surface area contributed by atoms with Crippen LogP contribution < -0.4 is 4.74 Å². The molecule has 1 aromatic carbocycles. The van der Waals surface area contributed by atoms with Crippen LogP contribution in [0.2, 0.25) is 0 Å². The maximum atomic E-state index is 13.3. The monoisotopic (exact) mass is 256 g/mol. The van der Waals surface area contributed by atoms with Crippen LogP contribution in [0, 0.1) is 17.7 Å². The van der Waals surface area contributed by atoms with Crippen LogP contribution in [0.5, 0.6) is 5.75 Å². The van der Waals surface area contributed by atoms with Crippen molar-refractivity contribution >= 4 is 15.9 Å². The number of rotatable bonds is 2. The fraction of sp³-hybridized carbons (Fsp3) is 0.273. The molecule has 0 fully saturated rings. The van der Waals surface area contributed by atoms with Crippen LogP contribution in [0.1, 0.15) is 12.5 Å². The predicted octanol–water partition coefficient (Wildman–Crippen LogP) is 2.97. The third-order valence-electron chi connectivity index (χ3n) is 1.54. The Balaban J connectivity index is 2.89. The molecular formula is C11H10BrFO. The molecule has 1 nitrogen and oxygen atoms in total. The van der Waals surface area contributed by atoms with Crippen LogP contribution in [0.15, 0.2) is 18.2 Å². The third-order valence-corrected chi connectivity index (χ3v) is 1.82. The maximum absolute atomic E-state index is 13.3. The Labute approximate surface area is 91.4 Å². The molecule has 0 saturated carbocycles. The van der Waals surface area contributed by atoms with Gasteiger partial charge in [-0.1, -0.05) is 27.8 Å². The fourth-order valence-electron chi connectivity index (χ4n) is 0.982. The van der Waals surface area contributed by atoms with Gasteiger partial charge in [-0.2, -0.15) is 0 Å². The molecule has 0 N–H and O–H groups in total. The lowest BCUT2D eigenvalue weighted by Gasteiger charge is -2.02. The lowest BCUT2D eigenvalue weighted by molar-refractivity contribution is 0.338. The standard InChI is InChI=1S/C11H10BrFO/c1-2-14-10-6-5-9(4-3-7-12)11(13)8-10/h5-6,8H,2,7H2,1H3. The van der Waals surface area contributed by atoms with Gasteiger partial charge in [0.2, 0.25) is 0 Å². The molecule has 0 atom stereocenters. The summed E-state index contributed by atoms with van der Waals surface area (Å²) in [5, 5.41) is 0.541. The van der Waals surface area contributed by atoms with Crippen molar-refractivity contribution in [2.24, 2.45) is 0 Å². The lowest BCUT2D eigenvalue weighted by atomic mass is 10.2. The zero-order valence-electron chi connectivity index (χ0n) is 7.81. The first kappa shape index (κ1) is 11.1. The van der Waals surface area contributed by atoms with Crippen LogP contribution in [-0.4, -0.2) is 11.9 Å². The molecule has 0 unspecified atom stereocenters. The van der Waals surface area contributed by atoms with Gasteiger partial charge in [-0.3, -0.25) is 0 Å². The van der Waals surface area contributed by atoms with E-state index in [-0.39, 0.29) is 5.82 Å². The molecule has 0 amide bonds. The van der Waals surface area contributed by atoms with E-state index in [1.54, 1.807) is 12.1 Å². The minimum absolute atomic E-state index is 0.343.